The zero-order valence-electron chi connectivity index (χ0n) is 80.4. The van der Waals surface area contributed by atoms with Crippen molar-refractivity contribution in [2.75, 3.05) is 0 Å². The molecule has 0 radical (unpaired) electrons. The maximum Gasteiger partial charge on any atom is 0.106 e. The minimum atomic E-state index is 1.08. The largest absolute Gasteiger partial charge is 0.347 e. The molecule has 14 aromatic rings. The van der Waals surface area contributed by atoms with Crippen LogP contribution in [-0.4, -0.2) is 57.3 Å². The van der Waals surface area contributed by atoms with Crippen LogP contribution in [0, 0.1) is 291 Å². The molecule has 8 aromatic heterocycles. The Kier molecular flexibility index (Phi) is 28.1. The molecular formula is C102H144N12. The first-order valence-electron chi connectivity index (χ1n) is 41.0. The van der Waals surface area contributed by atoms with Gasteiger partial charge in [-0.15, -0.1) is 0 Å². The van der Waals surface area contributed by atoms with E-state index in [-0.39, 0.29) is 0 Å². The number of aromatic nitrogens is 12. The highest BCUT2D eigenvalue weighted by atomic mass is 15.1. The summed E-state index contributed by atoms with van der Waals surface area (Å²) in [4.78, 5) is 27.4. The second-order valence-corrected chi connectivity index (χ2v) is 34.0. The van der Waals surface area contributed by atoms with Crippen LogP contribution in [0.5, 0.6) is 0 Å². The number of rotatable bonds is 0. The number of hydrogen-bond donors (Lipinski definition) is 0. The van der Waals surface area contributed by atoms with Gasteiger partial charge in [-0.3, -0.25) is 9.97 Å². The summed E-state index contributed by atoms with van der Waals surface area (Å²) >= 11 is 0. The molecule has 0 aliphatic heterocycles. The molecule has 0 atom stereocenters. The first kappa shape index (κ1) is 91.8. The van der Waals surface area contributed by atoms with Crippen molar-refractivity contribution in [3.63, 3.8) is 0 Å². The van der Waals surface area contributed by atoms with Crippen LogP contribution in [0.25, 0.3) is 65.9 Å². The topological polar surface area (TPSA) is 107 Å². The molecule has 612 valence electrons. The van der Waals surface area contributed by atoms with Crippen LogP contribution in [0.15, 0.2) is 0 Å². The molecular weight excluding hydrogens is 1390 g/mol. The number of imidazole rings is 4. The van der Waals surface area contributed by atoms with Gasteiger partial charge in [0.05, 0.1) is 55.2 Å². The Morgan fingerprint density at radius 3 is 0.465 bits per heavy atom. The third-order valence-corrected chi connectivity index (χ3v) is 28.8. The second-order valence-electron chi connectivity index (χ2n) is 34.0. The fraction of sp³-hybridized carbons (Fsp3) is 0.471. The molecule has 0 fully saturated rings. The summed E-state index contributed by atoms with van der Waals surface area (Å²) in [5, 5.41) is 2.92. The highest BCUT2D eigenvalue weighted by Crippen LogP contribution is 2.38. The van der Waals surface area contributed by atoms with Gasteiger partial charge in [-0.1, -0.05) is 0 Å². The summed E-state index contributed by atoms with van der Waals surface area (Å²) in [7, 11) is 12.7. The summed E-state index contributed by atoms with van der Waals surface area (Å²) in [6.07, 6.45) is 0. The Balaban J connectivity index is 0.000000181. The van der Waals surface area contributed by atoms with Gasteiger partial charge in [-0.2, -0.15) is 0 Å². The SMILES string of the molecule is Cc1c(C)c(C)c2c(c1C)c(C)c(C)n2C.Cc1c(C)c(C)c2c(c1C)c(C)c(C)n2C.Cc1c(C)c(C)c2c(nc(C)n2C)c1C.Cc1c(C)c(C)c2c(nc(C)n2C)c1C.Cc1c(C)c(C)c2c(nc(C)n2C)c1C.Cc1c(C)c(C)c2c(nc(C)n2C)c1C.Cc1nc(C)c(C)c(C)c1C.Cc1nc(C)c(C)c(C)c1C. The zero-order valence-corrected chi connectivity index (χ0v) is 80.4. The van der Waals surface area contributed by atoms with E-state index in [1.165, 1.54) is 233 Å². The summed E-state index contributed by atoms with van der Waals surface area (Å²) < 4.78 is 13.4. The van der Waals surface area contributed by atoms with Crippen LogP contribution < -0.4 is 0 Å². The highest BCUT2D eigenvalue weighted by molar-refractivity contribution is 5.94. The van der Waals surface area contributed by atoms with Crippen molar-refractivity contribution in [2.45, 2.75) is 291 Å². The molecule has 0 N–H and O–H groups in total. The van der Waals surface area contributed by atoms with Crippen molar-refractivity contribution < 1.29 is 0 Å². The van der Waals surface area contributed by atoms with Crippen molar-refractivity contribution in [2.24, 2.45) is 42.3 Å². The molecule has 12 nitrogen and oxygen atoms in total. The van der Waals surface area contributed by atoms with Crippen LogP contribution in [0.3, 0.4) is 0 Å². The van der Waals surface area contributed by atoms with E-state index in [2.05, 4.69) is 390 Å². The molecule has 0 saturated heterocycles. The fourth-order valence-corrected chi connectivity index (χ4v) is 16.9. The summed E-state index contributed by atoms with van der Waals surface area (Å²) in [6.45, 7) is 91.0. The lowest BCUT2D eigenvalue weighted by atomic mass is 9.94. The van der Waals surface area contributed by atoms with Crippen molar-refractivity contribution in [3.8, 4) is 0 Å². The summed E-state index contributed by atoms with van der Waals surface area (Å²) in [5.41, 5.74) is 64.2. The Morgan fingerprint density at radius 1 is 0.132 bits per heavy atom. The van der Waals surface area contributed by atoms with E-state index in [1.54, 1.807) is 0 Å². The summed E-state index contributed by atoms with van der Waals surface area (Å²) in [6, 6.07) is 0. The lowest BCUT2D eigenvalue weighted by molar-refractivity contribution is 0.882. The molecule has 0 aliphatic carbocycles. The smallest absolute Gasteiger partial charge is 0.106 e. The van der Waals surface area contributed by atoms with Gasteiger partial charge in [0, 0.05) is 87.2 Å². The number of nitrogens with zero attached hydrogens (tertiary/aromatic N) is 12. The van der Waals surface area contributed by atoms with Crippen LogP contribution in [0.2, 0.25) is 0 Å². The number of fused-ring (bicyclic) bond motifs is 6. The minimum Gasteiger partial charge on any atom is -0.347 e. The predicted molar refractivity (Wildman–Crippen MR) is 496 cm³/mol. The number of benzene rings is 6. The number of aryl methyl sites for hydroxylation is 28. The molecule has 0 saturated carbocycles. The monoisotopic (exact) mass is 1540 g/mol. The van der Waals surface area contributed by atoms with Crippen LogP contribution in [0.1, 0.15) is 235 Å². The normalized spacial score (nSPS) is 11.2. The van der Waals surface area contributed by atoms with Crippen molar-refractivity contribution in [3.05, 3.63) is 235 Å². The molecule has 0 spiro atoms. The molecule has 6 aromatic carbocycles. The van der Waals surface area contributed by atoms with Gasteiger partial charge in [0.25, 0.3) is 0 Å². The third kappa shape index (κ3) is 16.3. The van der Waals surface area contributed by atoms with E-state index < -0.39 is 0 Å². The quantitative estimate of drug-likeness (QED) is 0.150. The predicted octanol–water partition coefficient (Wildman–Crippen LogP) is 25.8. The van der Waals surface area contributed by atoms with Gasteiger partial charge in [-0.25, -0.2) is 19.9 Å². The van der Waals surface area contributed by atoms with Gasteiger partial charge < -0.3 is 27.4 Å². The second kappa shape index (κ2) is 35.0. The maximum atomic E-state index is 4.64. The van der Waals surface area contributed by atoms with Crippen LogP contribution in [0.4, 0.5) is 0 Å². The lowest BCUT2D eigenvalue weighted by Gasteiger charge is -2.12. The number of hydrogen-bond acceptors (Lipinski definition) is 6. The molecule has 114 heavy (non-hydrogen) atoms. The van der Waals surface area contributed by atoms with E-state index in [1.807, 2.05) is 0 Å². The van der Waals surface area contributed by atoms with Gasteiger partial charge in [0.2, 0.25) is 0 Å². The lowest BCUT2D eigenvalue weighted by Crippen LogP contribution is -1.98. The van der Waals surface area contributed by atoms with E-state index in [0.29, 0.717) is 0 Å². The Morgan fingerprint density at radius 2 is 0.281 bits per heavy atom. The van der Waals surface area contributed by atoms with Crippen molar-refractivity contribution in [1.29, 1.82) is 0 Å². The molecule has 8 heterocycles. The standard InChI is InChI=1S/2C15H21N.4C13H18N2.2C10H15N/c2*1-8-9(2)11(4)15-14(10(8)3)12(5)13(6)16(15)7;4*1-7-8(2)10(4)13-12(9(7)3)14-11(5)15(13)6;2*1-6-7(2)9(4)11-10(5)8(6)3/h2*1-7H3;4*1-6H3;2*1-5H3. The average molecular weight is 1540 g/mol. The molecule has 14 rings (SSSR count). The first-order chi connectivity index (χ1) is 52.6. The Hall–Kier alpha value is -9.42. The molecule has 0 amide bonds. The Labute approximate surface area is 687 Å². The van der Waals surface area contributed by atoms with E-state index in [9.17, 15) is 0 Å². The molecule has 0 aliphatic rings. The zero-order chi connectivity index (χ0) is 86.9. The van der Waals surface area contributed by atoms with Crippen LogP contribution in [-0.2, 0) is 42.3 Å². The maximum absolute atomic E-state index is 4.64. The third-order valence-electron chi connectivity index (χ3n) is 28.8. The molecule has 0 unspecified atom stereocenters. The molecule has 0 bridgehead atoms. The average Bonchev–Trinajstić information content (AvgIpc) is 1.59. The van der Waals surface area contributed by atoms with Gasteiger partial charge in [0.1, 0.15) is 23.3 Å². The molecule has 12 heteroatoms. The highest BCUT2D eigenvalue weighted by Gasteiger charge is 2.22. The van der Waals surface area contributed by atoms with Gasteiger partial charge >= 0.3 is 0 Å². The first-order valence-corrected chi connectivity index (χ1v) is 41.0. The minimum absolute atomic E-state index is 1.08. The van der Waals surface area contributed by atoms with E-state index in [0.717, 1.165) is 68.1 Å². The fourth-order valence-electron chi connectivity index (χ4n) is 16.9. The van der Waals surface area contributed by atoms with Crippen molar-refractivity contribution >= 4 is 65.9 Å². The number of pyridine rings is 2. The van der Waals surface area contributed by atoms with Crippen LogP contribution >= 0.6 is 0 Å². The Bertz CT molecular complexity index is 5420. The van der Waals surface area contributed by atoms with Gasteiger partial charge in [0.15, 0.2) is 0 Å². The van der Waals surface area contributed by atoms with E-state index in [4.69, 9.17) is 0 Å². The van der Waals surface area contributed by atoms with E-state index >= 15 is 0 Å². The van der Waals surface area contributed by atoms with Gasteiger partial charge in [-0.05, 0) is 469 Å². The van der Waals surface area contributed by atoms with Crippen molar-refractivity contribution in [1.82, 2.24) is 57.3 Å². The summed E-state index contributed by atoms with van der Waals surface area (Å²) in [5.74, 6) is 4.34.